The number of carboxylic acid groups (broad SMARTS) is 2. The lowest BCUT2D eigenvalue weighted by atomic mass is 10.2. The molecule has 0 bridgehead atoms. The molecule has 0 unspecified atom stereocenters. The summed E-state index contributed by atoms with van der Waals surface area (Å²) in [6, 6.07) is 14.1. The molecule has 0 radical (unpaired) electrons. The predicted molar refractivity (Wildman–Crippen MR) is 107 cm³/mol. The molecule has 2 aromatic carbocycles. The number of hydrogen-bond acceptors (Lipinski definition) is 5. The van der Waals surface area contributed by atoms with E-state index in [0.29, 0.717) is 11.4 Å². The Labute approximate surface area is 170 Å². The molecule has 2 amide bonds. The Kier molecular flexibility index (Phi) is 5.83. The lowest BCUT2D eigenvalue weighted by Crippen LogP contribution is -2.16. The van der Waals surface area contributed by atoms with Gasteiger partial charge in [-0.3, -0.25) is 14.6 Å². The van der Waals surface area contributed by atoms with Crippen LogP contribution in [-0.4, -0.2) is 39.0 Å². The lowest BCUT2D eigenvalue weighted by Gasteiger charge is -2.07. The highest BCUT2D eigenvalue weighted by Crippen LogP contribution is 2.13. The van der Waals surface area contributed by atoms with Crippen molar-refractivity contribution >= 4 is 35.1 Å². The SMILES string of the molecule is O=C(O)c1ccc(NC(=O)c2ccc(C(=O)Nc3ccc(C(=O)O)cc3)nc2)cc1. The number of anilines is 2. The number of hydrogen-bond donors (Lipinski definition) is 4. The van der Waals surface area contributed by atoms with Gasteiger partial charge in [0.25, 0.3) is 11.8 Å². The molecule has 9 nitrogen and oxygen atoms in total. The number of carbonyl (C=O) groups is 4. The Hall–Kier alpha value is -4.53. The summed E-state index contributed by atoms with van der Waals surface area (Å²) in [6.07, 6.45) is 1.24. The largest absolute Gasteiger partial charge is 0.478 e. The summed E-state index contributed by atoms with van der Waals surface area (Å²) in [4.78, 5) is 50.2. The predicted octanol–water partition coefficient (Wildman–Crippen LogP) is 2.98. The maximum atomic E-state index is 12.3. The standard InChI is InChI=1S/C21H15N3O6/c25-18(23-15-6-1-12(2-7-15)20(27)28)14-5-10-17(22-11-14)19(26)24-16-8-3-13(4-9-16)21(29)30/h1-11H,(H,23,25)(H,24,26)(H,27,28)(H,29,30). The molecule has 3 rings (SSSR count). The fourth-order valence-corrected chi connectivity index (χ4v) is 2.45. The van der Waals surface area contributed by atoms with Crippen LogP contribution < -0.4 is 10.6 Å². The third-order valence-electron chi connectivity index (χ3n) is 4.04. The summed E-state index contributed by atoms with van der Waals surface area (Å²) in [5.74, 6) is -3.12. The van der Waals surface area contributed by atoms with Crippen molar-refractivity contribution in [2.75, 3.05) is 10.6 Å². The number of carboxylic acids is 2. The molecule has 0 aliphatic carbocycles. The van der Waals surface area contributed by atoms with E-state index in [1.54, 1.807) is 0 Å². The van der Waals surface area contributed by atoms with E-state index >= 15 is 0 Å². The molecule has 4 N–H and O–H groups in total. The van der Waals surface area contributed by atoms with E-state index in [1.165, 1.54) is 66.9 Å². The molecule has 0 saturated carbocycles. The first-order valence-corrected chi connectivity index (χ1v) is 8.59. The van der Waals surface area contributed by atoms with Gasteiger partial charge < -0.3 is 20.8 Å². The average Bonchev–Trinajstić information content (AvgIpc) is 2.74. The van der Waals surface area contributed by atoms with Gasteiger partial charge in [0.2, 0.25) is 0 Å². The quantitative estimate of drug-likeness (QED) is 0.493. The van der Waals surface area contributed by atoms with Gasteiger partial charge in [-0.25, -0.2) is 9.59 Å². The van der Waals surface area contributed by atoms with Crippen LogP contribution in [0.3, 0.4) is 0 Å². The molecule has 150 valence electrons. The normalized spacial score (nSPS) is 10.1. The minimum Gasteiger partial charge on any atom is -0.478 e. The van der Waals surface area contributed by atoms with Crippen molar-refractivity contribution in [1.29, 1.82) is 0 Å². The molecular formula is C21H15N3O6. The number of nitrogens with one attached hydrogen (secondary N) is 2. The smallest absolute Gasteiger partial charge is 0.335 e. The van der Waals surface area contributed by atoms with Gasteiger partial charge in [0.15, 0.2) is 0 Å². The first-order valence-electron chi connectivity index (χ1n) is 8.59. The minimum atomic E-state index is -1.07. The van der Waals surface area contributed by atoms with Crippen LogP contribution in [0.1, 0.15) is 41.6 Å². The van der Waals surface area contributed by atoms with Gasteiger partial charge in [0.05, 0.1) is 16.7 Å². The first kappa shape index (κ1) is 20.2. The molecule has 0 fully saturated rings. The van der Waals surface area contributed by atoms with Crippen LogP contribution in [0.25, 0.3) is 0 Å². The summed E-state index contributed by atoms with van der Waals surface area (Å²) < 4.78 is 0. The fraction of sp³-hybridized carbons (Fsp3) is 0. The zero-order valence-corrected chi connectivity index (χ0v) is 15.3. The second kappa shape index (κ2) is 8.65. The van der Waals surface area contributed by atoms with Crippen LogP contribution in [0, 0.1) is 0 Å². The van der Waals surface area contributed by atoms with Crippen LogP contribution >= 0.6 is 0 Å². The number of benzene rings is 2. The van der Waals surface area contributed by atoms with E-state index in [1.807, 2.05) is 0 Å². The monoisotopic (exact) mass is 405 g/mol. The third kappa shape index (κ3) is 4.84. The van der Waals surface area contributed by atoms with E-state index in [0.717, 1.165) is 0 Å². The number of rotatable bonds is 6. The maximum Gasteiger partial charge on any atom is 0.335 e. The summed E-state index contributed by atoms with van der Waals surface area (Å²) in [7, 11) is 0. The van der Waals surface area contributed by atoms with Gasteiger partial charge in [0, 0.05) is 17.6 Å². The minimum absolute atomic E-state index is 0.0691. The van der Waals surface area contributed by atoms with Gasteiger partial charge in [-0.15, -0.1) is 0 Å². The van der Waals surface area contributed by atoms with E-state index in [-0.39, 0.29) is 22.4 Å². The molecule has 0 saturated heterocycles. The summed E-state index contributed by atoms with van der Waals surface area (Å²) in [5.41, 5.74) is 1.29. The third-order valence-corrected chi connectivity index (χ3v) is 4.04. The van der Waals surface area contributed by atoms with Gasteiger partial charge in [-0.2, -0.15) is 0 Å². The number of amides is 2. The maximum absolute atomic E-state index is 12.3. The topological polar surface area (TPSA) is 146 Å². The van der Waals surface area contributed by atoms with Crippen LogP contribution in [0.2, 0.25) is 0 Å². The molecule has 0 aliphatic rings. The van der Waals surface area contributed by atoms with Crippen molar-refractivity contribution in [2.45, 2.75) is 0 Å². The van der Waals surface area contributed by atoms with Crippen LogP contribution in [0.4, 0.5) is 11.4 Å². The highest BCUT2D eigenvalue weighted by atomic mass is 16.4. The molecule has 30 heavy (non-hydrogen) atoms. The van der Waals surface area contributed by atoms with Crippen molar-refractivity contribution in [1.82, 2.24) is 4.98 Å². The summed E-state index contributed by atoms with van der Waals surface area (Å²) in [5, 5.41) is 23.0. The van der Waals surface area contributed by atoms with Crippen molar-refractivity contribution < 1.29 is 29.4 Å². The Morgan fingerprint density at radius 2 is 1.03 bits per heavy atom. The number of nitrogens with zero attached hydrogens (tertiary/aromatic N) is 1. The number of aromatic carboxylic acids is 2. The zero-order chi connectivity index (χ0) is 21.7. The molecule has 1 heterocycles. The van der Waals surface area contributed by atoms with Gasteiger partial charge >= 0.3 is 11.9 Å². The molecule has 1 aromatic heterocycles. The van der Waals surface area contributed by atoms with Crippen LogP contribution in [0.5, 0.6) is 0 Å². The van der Waals surface area contributed by atoms with E-state index in [2.05, 4.69) is 15.6 Å². The Morgan fingerprint density at radius 3 is 1.43 bits per heavy atom. The molecule has 0 aliphatic heterocycles. The van der Waals surface area contributed by atoms with E-state index in [9.17, 15) is 19.2 Å². The lowest BCUT2D eigenvalue weighted by molar-refractivity contribution is 0.0686. The van der Waals surface area contributed by atoms with E-state index < -0.39 is 23.8 Å². The van der Waals surface area contributed by atoms with Crippen LogP contribution in [0.15, 0.2) is 66.9 Å². The molecule has 0 spiro atoms. The summed E-state index contributed by atoms with van der Waals surface area (Å²) >= 11 is 0. The number of aromatic nitrogens is 1. The first-order chi connectivity index (χ1) is 14.3. The van der Waals surface area contributed by atoms with Crippen LogP contribution in [-0.2, 0) is 0 Å². The second-order valence-electron chi connectivity index (χ2n) is 6.11. The van der Waals surface area contributed by atoms with Gasteiger partial charge in [-0.05, 0) is 60.7 Å². The fourth-order valence-electron chi connectivity index (χ4n) is 2.45. The molecule has 0 atom stereocenters. The Bertz CT molecular complexity index is 1020. The molecular weight excluding hydrogens is 390 g/mol. The molecule has 3 aromatic rings. The van der Waals surface area contributed by atoms with Crippen molar-refractivity contribution in [2.24, 2.45) is 0 Å². The van der Waals surface area contributed by atoms with Crippen molar-refractivity contribution in [3.63, 3.8) is 0 Å². The highest BCUT2D eigenvalue weighted by Gasteiger charge is 2.12. The van der Waals surface area contributed by atoms with Crippen molar-refractivity contribution in [3.05, 3.63) is 89.2 Å². The van der Waals surface area contributed by atoms with Gasteiger partial charge in [-0.1, -0.05) is 0 Å². The van der Waals surface area contributed by atoms with Crippen molar-refractivity contribution in [3.8, 4) is 0 Å². The summed E-state index contributed by atoms with van der Waals surface area (Å²) in [6.45, 7) is 0. The Morgan fingerprint density at radius 1 is 0.600 bits per heavy atom. The zero-order valence-electron chi connectivity index (χ0n) is 15.3. The Balaban J connectivity index is 1.63. The number of carbonyl (C=O) groups excluding carboxylic acids is 2. The highest BCUT2D eigenvalue weighted by molar-refractivity contribution is 6.06. The van der Waals surface area contributed by atoms with Gasteiger partial charge in [0.1, 0.15) is 5.69 Å². The van der Waals surface area contributed by atoms with E-state index in [4.69, 9.17) is 10.2 Å². The second-order valence-corrected chi connectivity index (χ2v) is 6.11. The molecule has 9 heteroatoms. The average molecular weight is 405 g/mol. The number of pyridine rings is 1.